The Kier molecular flexibility index (Phi) is 4.39. The van der Waals surface area contributed by atoms with Crippen LogP contribution in [0.25, 0.3) is 0 Å². The van der Waals surface area contributed by atoms with Crippen LogP contribution in [-0.2, 0) is 15.1 Å². The van der Waals surface area contributed by atoms with E-state index in [1.54, 1.807) is 0 Å². The van der Waals surface area contributed by atoms with E-state index < -0.39 is 5.54 Å². The van der Waals surface area contributed by atoms with Gasteiger partial charge < -0.3 is 20.3 Å². The quantitative estimate of drug-likeness (QED) is 0.802. The fraction of sp³-hybridized carbons (Fsp3) is 0.769. The molecule has 0 aromatic carbocycles. The molecule has 3 N–H and O–H groups in total. The van der Waals surface area contributed by atoms with Crippen molar-refractivity contribution in [2.75, 3.05) is 13.7 Å². The van der Waals surface area contributed by atoms with Crippen molar-refractivity contribution in [2.45, 2.75) is 44.7 Å². The number of rotatable bonds is 6. The van der Waals surface area contributed by atoms with Crippen molar-refractivity contribution in [1.82, 2.24) is 15.5 Å². The Balaban J connectivity index is 2.11. The van der Waals surface area contributed by atoms with Crippen molar-refractivity contribution < 1.29 is 14.1 Å². The highest BCUT2D eigenvalue weighted by Gasteiger charge is 2.39. The van der Waals surface area contributed by atoms with E-state index in [0.29, 0.717) is 11.7 Å². The van der Waals surface area contributed by atoms with Gasteiger partial charge in [-0.25, -0.2) is 0 Å². The van der Waals surface area contributed by atoms with E-state index >= 15 is 0 Å². The van der Waals surface area contributed by atoms with Crippen molar-refractivity contribution in [3.05, 3.63) is 11.7 Å². The number of nitrogens with one attached hydrogen (secondary N) is 1. The van der Waals surface area contributed by atoms with Crippen molar-refractivity contribution in [2.24, 2.45) is 11.7 Å². The first-order valence-electron chi connectivity index (χ1n) is 6.87. The number of hydrogen-bond acceptors (Lipinski definition) is 6. The highest BCUT2D eigenvalue weighted by molar-refractivity contribution is 5.77. The average Bonchev–Trinajstić information content (AvgIpc) is 2.82. The molecule has 7 nitrogen and oxygen atoms in total. The zero-order chi connectivity index (χ0) is 14.8. The van der Waals surface area contributed by atoms with Crippen molar-refractivity contribution in [3.63, 3.8) is 0 Å². The van der Waals surface area contributed by atoms with Gasteiger partial charge in [-0.3, -0.25) is 4.79 Å². The zero-order valence-electron chi connectivity index (χ0n) is 12.2. The van der Waals surface area contributed by atoms with Gasteiger partial charge in [-0.2, -0.15) is 4.98 Å². The second-order valence-corrected chi connectivity index (χ2v) is 5.69. The molecule has 1 saturated carbocycles. The van der Waals surface area contributed by atoms with Crippen LogP contribution in [0.2, 0.25) is 0 Å². The summed E-state index contributed by atoms with van der Waals surface area (Å²) in [7, 11) is 1.48. The predicted octanol–water partition coefficient (Wildman–Crippen LogP) is 0.867. The molecule has 1 aliphatic rings. The third kappa shape index (κ3) is 2.99. The molecule has 2 rings (SSSR count). The molecular weight excluding hydrogens is 260 g/mol. The highest BCUT2D eigenvalue weighted by Crippen LogP contribution is 2.37. The molecule has 1 atom stereocenters. The summed E-state index contributed by atoms with van der Waals surface area (Å²) in [5.74, 6) is 0.845. The van der Waals surface area contributed by atoms with Crippen LogP contribution in [0.1, 0.15) is 50.9 Å². The lowest BCUT2D eigenvalue weighted by Gasteiger charge is -2.34. The molecule has 112 valence electrons. The van der Waals surface area contributed by atoms with Crippen LogP contribution >= 0.6 is 0 Å². The van der Waals surface area contributed by atoms with E-state index in [2.05, 4.69) is 15.5 Å². The summed E-state index contributed by atoms with van der Waals surface area (Å²) in [6, 6.07) is -0.331. The highest BCUT2D eigenvalue weighted by atomic mass is 16.5. The Labute approximate surface area is 118 Å². The number of nitrogens with zero attached hydrogens (tertiary/aromatic N) is 2. The molecule has 7 heteroatoms. The number of nitrogens with two attached hydrogens (primary N) is 1. The van der Waals surface area contributed by atoms with Crippen LogP contribution in [0.3, 0.4) is 0 Å². The van der Waals surface area contributed by atoms with E-state index in [0.717, 1.165) is 19.3 Å². The van der Waals surface area contributed by atoms with E-state index in [9.17, 15) is 4.79 Å². The average molecular weight is 282 g/mol. The smallest absolute Gasteiger partial charge is 0.249 e. The molecule has 20 heavy (non-hydrogen) atoms. The molecule has 0 spiro atoms. The van der Waals surface area contributed by atoms with Gasteiger partial charge >= 0.3 is 0 Å². The first kappa shape index (κ1) is 14.9. The summed E-state index contributed by atoms with van der Waals surface area (Å²) in [6.45, 7) is 3.96. The van der Waals surface area contributed by atoms with Gasteiger partial charge in [0.25, 0.3) is 0 Å². The monoisotopic (exact) mass is 282 g/mol. The molecule has 1 heterocycles. The fourth-order valence-electron chi connectivity index (χ4n) is 2.20. The summed E-state index contributed by atoms with van der Waals surface area (Å²) in [4.78, 5) is 16.0. The van der Waals surface area contributed by atoms with Crippen LogP contribution in [-0.4, -0.2) is 29.8 Å². The van der Waals surface area contributed by atoms with E-state index in [4.69, 9.17) is 15.0 Å². The fourth-order valence-corrected chi connectivity index (χ4v) is 2.20. The summed E-state index contributed by atoms with van der Waals surface area (Å²) < 4.78 is 10.1. The molecule has 1 aromatic rings. The normalized spacial score (nSPS) is 18.6. The first-order valence-corrected chi connectivity index (χ1v) is 6.87. The predicted molar refractivity (Wildman–Crippen MR) is 71.6 cm³/mol. The van der Waals surface area contributed by atoms with E-state index in [1.165, 1.54) is 7.11 Å². The lowest BCUT2D eigenvalue weighted by atomic mass is 9.77. The number of carbonyl (C=O) groups excluding carboxylic acids is 1. The number of aromatic nitrogens is 2. The number of hydrogen-bond donors (Lipinski definition) is 2. The minimum absolute atomic E-state index is 0.00500. The minimum Gasteiger partial charge on any atom is -0.375 e. The minimum atomic E-state index is -0.459. The maximum absolute atomic E-state index is 11.7. The van der Waals surface area contributed by atoms with Gasteiger partial charge in [-0.15, -0.1) is 0 Å². The zero-order valence-corrected chi connectivity index (χ0v) is 12.2. The number of methoxy groups -OCH3 is 1. The van der Waals surface area contributed by atoms with Gasteiger partial charge in [0.1, 0.15) is 12.6 Å². The Morgan fingerprint density at radius 1 is 1.55 bits per heavy atom. The van der Waals surface area contributed by atoms with Crippen LogP contribution in [0.15, 0.2) is 4.52 Å². The second kappa shape index (κ2) is 5.88. The van der Waals surface area contributed by atoms with Crippen LogP contribution < -0.4 is 11.1 Å². The standard InChI is InChI=1S/C13H22N4O3/c1-8(2)10(15-9(18)7-19-3)11-16-12(17-20-11)13(14)5-4-6-13/h8,10H,4-7,14H2,1-3H3,(H,15,18)/t10-/m0/s1. The molecule has 0 bridgehead atoms. The summed E-state index contributed by atoms with van der Waals surface area (Å²) in [5.41, 5.74) is 5.71. The van der Waals surface area contributed by atoms with Gasteiger partial charge in [0.05, 0.1) is 5.54 Å². The third-order valence-electron chi connectivity index (χ3n) is 3.66. The van der Waals surface area contributed by atoms with Gasteiger partial charge in [0.2, 0.25) is 11.8 Å². The number of ether oxygens (including phenoxy) is 1. The lowest BCUT2D eigenvalue weighted by Crippen LogP contribution is -2.44. The van der Waals surface area contributed by atoms with Gasteiger partial charge in [0.15, 0.2) is 5.82 Å². The topological polar surface area (TPSA) is 103 Å². The number of amides is 1. The molecule has 0 saturated heterocycles. The molecule has 1 amide bonds. The van der Waals surface area contributed by atoms with Crippen LogP contribution in [0.4, 0.5) is 0 Å². The maximum Gasteiger partial charge on any atom is 0.249 e. The van der Waals surface area contributed by atoms with Crippen LogP contribution in [0.5, 0.6) is 0 Å². The molecule has 0 radical (unpaired) electrons. The maximum atomic E-state index is 11.7. The van der Waals surface area contributed by atoms with Gasteiger partial charge in [0, 0.05) is 7.11 Å². The Hall–Kier alpha value is -1.47. The largest absolute Gasteiger partial charge is 0.375 e. The van der Waals surface area contributed by atoms with Crippen molar-refractivity contribution in [3.8, 4) is 0 Å². The first-order chi connectivity index (χ1) is 9.46. The Morgan fingerprint density at radius 2 is 2.25 bits per heavy atom. The molecular formula is C13H22N4O3. The SMILES string of the molecule is COCC(=O)N[C@H](c1nc(C2(N)CCC2)no1)C(C)C. The molecule has 0 aliphatic heterocycles. The van der Waals surface area contributed by atoms with Crippen molar-refractivity contribution in [1.29, 1.82) is 0 Å². The summed E-state index contributed by atoms with van der Waals surface area (Å²) in [5, 5.41) is 6.81. The molecule has 0 unspecified atom stereocenters. The second-order valence-electron chi connectivity index (χ2n) is 5.69. The Bertz CT molecular complexity index is 468. The molecule has 1 aliphatic carbocycles. The lowest BCUT2D eigenvalue weighted by molar-refractivity contribution is -0.126. The summed E-state index contributed by atoms with van der Waals surface area (Å²) >= 11 is 0. The number of carbonyl (C=O) groups is 1. The van der Waals surface area contributed by atoms with Crippen LogP contribution in [0, 0.1) is 5.92 Å². The van der Waals surface area contributed by atoms with Gasteiger partial charge in [-0.1, -0.05) is 19.0 Å². The van der Waals surface area contributed by atoms with E-state index in [1.807, 2.05) is 13.8 Å². The third-order valence-corrected chi connectivity index (χ3v) is 3.66. The Morgan fingerprint density at radius 3 is 2.75 bits per heavy atom. The molecule has 1 aromatic heterocycles. The van der Waals surface area contributed by atoms with Crippen molar-refractivity contribution >= 4 is 5.91 Å². The summed E-state index contributed by atoms with van der Waals surface area (Å²) in [6.07, 6.45) is 2.82. The van der Waals surface area contributed by atoms with Gasteiger partial charge in [-0.05, 0) is 25.2 Å². The molecule has 1 fully saturated rings. The van der Waals surface area contributed by atoms with E-state index in [-0.39, 0.29) is 24.5 Å².